The summed E-state index contributed by atoms with van der Waals surface area (Å²) in [6.45, 7) is 0. The number of aromatic nitrogens is 1. The van der Waals surface area contributed by atoms with Crippen LogP contribution in [-0.2, 0) is 0 Å². The first kappa shape index (κ1) is 28.0. The van der Waals surface area contributed by atoms with Crippen molar-refractivity contribution < 1.29 is 0 Å². The quantitative estimate of drug-likeness (QED) is 0.181. The summed E-state index contributed by atoms with van der Waals surface area (Å²) in [6, 6.07) is 62.4. The van der Waals surface area contributed by atoms with Gasteiger partial charge in [0.1, 0.15) is 0 Å². The molecule has 0 aliphatic carbocycles. The van der Waals surface area contributed by atoms with Crippen LogP contribution in [0, 0.1) is 0 Å². The SMILES string of the molecule is c1ccc(-n2c3ccccc3c3c(N(c4cccc5sc6ccccc6c45)c4cccc5ccc6c7ccccc7sc6c45)cccc32)cc1. The van der Waals surface area contributed by atoms with Crippen LogP contribution in [0.1, 0.15) is 0 Å². The Balaban J connectivity index is 1.33. The number of nitrogens with zero attached hydrogens (tertiary/aromatic N) is 2. The Morgan fingerprint density at radius 3 is 1.80 bits per heavy atom. The lowest BCUT2D eigenvalue weighted by atomic mass is 10.0. The molecule has 2 nitrogen and oxygen atoms in total. The lowest BCUT2D eigenvalue weighted by Crippen LogP contribution is -2.11. The van der Waals surface area contributed by atoms with Crippen molar-refractivity contribution in [2.24, 2.45) is 0 Å². The summed E-state index contributed by atoms with van der Waals surface area (Å²) < 4.78 is 7.65. The fourth-order valence-electron chi connectivity index (χ4n) is 8.09. The summed E-state index contributed by atoms with van der Waals surface area (Å²) in [4.78, 5) is 2.57. The van der Waals surface area contributed by atoms with Gasteiger partial charge in [-0.1, -0.05) is 109 Å². The standard InChI is InChI=1S/C46H28N2S2/c1-2-14-30(15-3-1)47-35-19-7-4-17-33(35)44-37(47)21-11-22-38(44)48(39-23-12-26-42-45(39)34-18-6-9-25-41(34)49-42)36-20-10-13-29-27-28-32-31-16-5-8-24-40(31)50-46(32)43(29)36/h1-28H. The molecule has 0 aliphatic rings. The molecule has 0 fully saturated rings. The largest absolute Gasteiger partial charge is 0.309 e. The van der Waals surface area contributed by atoms with Crippen molar-refractivity contribution in [3.8, 4) is 5.69 Å². The summed E-state index contributed by atoms with van der Waals surface area (Å²) >= 11 is 3.77. The highest BCUT2D eigenvalue weighted by atomic mass is 32.1. The van der Waals surface area contributed by atoms with Crippen molar-refractivity contribution in [3.05, 3.63) is 170 Å². The maximum Gasteiger partial charge on any atom is 0.0562 e. The van der Waals surface area contributed by atoms with Crippen LogP contribution < -0.4 is 4.90 Å². The van der Waals surface area contributed by atoms with E-state index in [4.69, 9.17) is 0 Å². The van der Waals surface area contributed by atoms with E-state index in [-0.39, 0.29) is 0 Å². The molecule has 0 N–H and O–H groups in total. The second-order valence-electron chi connectivity index (χ2n) is 12.9. The van der Waals surface area contributed by atoms with Gasteiger partial charge in [-0.15, -0.1) is 22.7 Å². The van der Waals surface area contributed by atoms with Crippen molar-refractivity contribution in [2.75, 3.05) is 4.90 Å². The lowest BCUT2D eigenvalue weighted by Gasteiger charge is -2.29. The summed E-state index contributed by atoms with van der Waals surface area (Å²) in [7, 11) is 0. The van der Waals surface area contributed by atoms with Gasteiger partial charge < -0.3 is 9.47 Å². The van der Waals surface area contributed by atoms with Gasteiger partial charge in [-0.05, 0) is 66.0 Å². The van der Waals surface area contributed by atoms with Crippen molar-refractivity contribution >= 4 is 113 Å². The average Bonchev–Trinajstić information content (AvgIpc) is 3.85. The van der Waals surface area contributed by atoms with E-state index in [1.54, 1.807) is 0 Å². The highest BCUT2D eigenvalue weighted by Crippen LogP contribution is 2.51. The van der Waals surface area contributed by atoms with Crippen LogP contribution >= 0.6 is 22.7 Å². The number of hydrogen-bond donors (Lipinski definition) is 0. The first-order valence-electron chi connectivity index (χ1n) is 16.9. The van der Waals surface area contributed by atoms with E-state index in [0.29, 0.717) is 0 Å². The van der Waals surface area contributed by atoms with E-state index in [2.05, 4.69) is 179 Å². The van der Waals surface area contributed by atoms with Gasteiger partial charge in [0, 0.05) is 62.2 Å². The van der Waals surface area contributed by atoms with E-state index in [1.807, 2.05) is 22.7 Å². The van der Waals surface area contributed by atoms with E-state index >= 15 is 0 Å². The smallest absolute Gasteiger partial charge is 0.0562 e. The van der Waals surface area contributed by atoms with Crippen LogP contribution in [0.3, 0.4) is 0 Å². The minimum atomic E-state index is 1.16. The Morgan fingerprint density at radius 1 is 0.360 bits per heavy atom. The minimum absolute atomic E-state index is 1.16. The molecule has 11 aromatic rings. The van der Waals surface area contributed by atoms with E-state index in [0.717, 1.165) is 5.69 Å². The average molecular weight is 673 g/mol. The number of hydrogen-bond acceptors (Lipinski definition) is 3. The van der Waals surface area contributed by atoms with Crippen LogP contribution in [0.5, 0.6) is 0 Å². The third-order valence-corrected chi connectivity index (χ3v) is 12.5. The Kier molecular flexibility index (Phi) is 6.03. The third-order valence-electron chi connectivity index (χ3n) is 10.2. The molecule has 50 heavy (non-hydrogen) atoms. The Hall–Kier alpha value is -5.94. The second kappa shape index (κ2) is 10.8. The molecule has 0 spiro atoms. The second-order valence-corrected chi connectivity index (χ2v) is 15.0. The highest BCUT2D eigenvalue weighted by molar-refractivity contribution is 7.27. The maximum atomic E-state index is 2.57. The molecule has 4 heteroatoms. The van der Waals surface area contributed by atoms with Crippen LogP contribution in [0.4, 0.5) is 17.1 Å². The molecule has 0 saturated heterocycles. The zero-order valence-corrected chi connectivity index (χ0v) is 28.5. The maximum absolute atomic E-state index is 2.57. The molecule has 11 rings (SSSR count). The van der Waals surface area contributed by atoms with Crippen LogP contribution in [0.25, 0.3) is 78.6 Å². The fourth-order valence-corrected chi connectivity index (χ4v) is 10.5. The molecular weight excluding hydrogens is 645 g/mol. The van der Waals surface area contributed by atoms with Gasteiger partial charge >= 0.3 is 0 Å². The van der Waals surface area contributed by atoms with Crippen LogP contribution in [0.2, 0.25) is 0 Å². The molecule has 0 atom stereocenters. The monoisotopic (exact) mass is 672 g/mol. The van der Waals surface area contributed by atoms with Gasteiger partial charge in [0.05, 0.1) is 28.1 Å². The van der Waals surface area contributed by atoms with Gasteiger partial charge in [0.2, 0.25) is 0 Å². The Bertz CT molecular complexity index is 3110. The Morgan fingerprint density at radius 2 is 0.960 bits per heavy atom. The van der Waals surface area contributed by atoms with Gasteiger partial charge in [-0.2, -0.15) is 0 Å². The normalized spacial score (nSPS) is 12.0. The highest BCUT2D eigenvalue weighted by Gasteiger charge is 2.25. The predicted molar refractivity (Wildman–Crippen MR) is 219 cm³/mol. The van der Waals surface area contributed by atoms with Gasteiger partial charge in [0.15, 0.2) is 0 Å². The minimum Gasteiger partial charge on any atom is -0.309 e. The molecule has 3 heterocycles. The third kappa shape index (κ3) is 3.95. The predicted octanol–water partition coefficient (Wildman–Crippen LogP) is 14.1. The molecule has 0 amide bonds. The molecule has 0 unspecified atom stereocenters. The molecular formula is C46H28N2S2. The summed E-state index contributed by atoms with van der Waals surface area (Å²) in [5.74, 6) is 0. The van der Waals surface area contributed by atoms with Gasteiger partial charge in [0.25, 0.3) is 0 Å². The summed E-state index contributed by atoms with van der Waals surface area (Å²) in [5, 5.41) is 10.2. The molecule has 0 aliphatic heterocycles. The fraction of sp³-hybridized carbons (Fsp3) is 0. The first-order valence-corrected chi connectivity index (χ1v) is 18.6. The van der Waals surface area contributed by atoms with Crippen molar-refractivity contribution in [2.45, 2.75) is 0 Å². The van der Waals surface area contributed by atoms with Gasteiger partial charge in [-0.3, -0.25) is 0 Å². The number of para-hydroxylation sites is 2. The summed E-state index contributed by atoms with van der Waals surface area (Å²) in [5.41, 5.74) is 7.09. The number of fused-ring (bicyclic) bond motifs is 11. The molecule has 8 aromatic carbocycles. The summed E-state index contributed by atoms with van der Waals surface area (Å²) in [6.07, 6.45) is 0. The van der Waals surface area contributed by atoms with E-state index < -0.39 is 0 Å². The van der Waals surface area contributed by atoms with Gasteiger partial charge in [-0.25, -0.2) is 0 Å². The topological polar surface area (TPSA) is 8.17 Å². The van der Waals surface area contributed by atoms with Crippen LogP contribution in [0.15, 0.2) is 170 Å². The zero-order chi connectivity index (χ0) is 32.8. The zero-order valence-electron chi connectivity index (χ0n) is 26.9. The van der Waals surface area contributed by atoms with Crippen LogP contribution in [-0.4, -0.2) is 4.57 Å². The number of benzene rings is 8. The molecule has 0 saturated carbocycles. The van der Waals surface area contributed by atoms with Crippen molar-refractivity contribution in [1.29, 1.82) is 0 Å². The molecule has 0 bridgehead atoms. The number of thiophene rings is 2. The first-order chi connectivity index (χ1) is 24.8. The molecule has 0 radical (unpaired) electrons. The van der Waals surface area contributed by atoms with E-state index in [9.17, 15) is 0 Å². The Labute approximate surface area is 296 Å². The lowest BCUT2D eigenvalue weighted by molar-refractivity contribution is 1.18. The number of anilines is 3. The van der Waals surface area contributed by atoms with Crippen molar-refractivity contribution in [3.63, 3.8) is 0 Å². The van der Waals surface area contributed by atoms with Crippen molar-refractivity contribution in [1.82, 2.24) is 4.57 Å². The number of rotatable bonds is 4. The molecule has 3 aromatic heterocycles. The molecule has 234 valence electrons. The van der Waals surface area contributed by atoms with E-state index in [1.165, 1.54) is 90.0 Å².